The molecule has 0 aliphatic carbocycles. The number of benzene rings is 14. The van der Waals surface area contributed by atoms with E-state index in [1.54, 1.807) is 0 Å². The second-order valence-corrected chi connectivity index (χ2v) is 25.0. The van der Waals surface area contributed by atoms with Crippen molar-refractivity contribution in [3.8, 4) is 135 Å². The van der Waals surface area contributed by atoms with E-state index < -0.39 is 0 Å². The second kappa shape index (κ2) is 27.0. The molecule has 18 aromatic rings. The van der Waals surface area contributed by atoms with E-state index in [4.69, 9.17) is 19.9 Å². The highest BCUT2D eigenvalue weighted by atomic mass is 14.9. The lowest BCUT2D eigenvalue weighted by Crippen LogP contribution is -1.95. The number of aromatic nitrogens is 6. The largest absolute Gasteiger partial charge is 0.256 e. The van der Waals surface area contributed by atoms with Gasteiger partial charge in [0.25, 0.3) is 0 Å². The van der Waals surface area contributed by atoms with Crippen molar-refractivity contribution in [3.63, 3.8) is 0 Å². The van der Waals surface area contributed by atoms with Gasteiger partial charge in [0.1, 0.15) is 0 Å². The van der Waals surface area contributed by atoms with Gasteiger partial charge in [-0.1, -0.05) is 309 Å². The third-order valence-corrected chi connectivity index (χ3v) is 18.7. The van der Waals surface area contributed by atoms with Gasteiger partial charge in [-0.05, 0) is 132 Å². The van der Waals surface area contributed by atoms with Gasteiger partial charge in [0.2, 0.25) is 0 Å². The van der Waals surface area contributed by atoms with Gasteiger partial charge >= 0.3 is 0 Å². The molecule has 18 rings (SSSR count). The summed E-state index contributed by atoms with van der Waals surface area (Å²) in [6, 6.07) is 128. The van der Waals surface area contributed by atoms with Gasteiger partial charge in [-0.25, -0.2) is 19.9 Å². The predicted molar refractivity (Wildman–Crippen MR) is 415 cm³/mol. The zero-order chi connectivity index (χ0) is 66.6. The van der Waals surface area contributed by atoms with Crippen molar-refractivity contribution in [2.24, 2.45) is 0 Å². The van der Waals surface area contributed by atoms with Crippen LogP contribution in [0.25, 0.3) is 178 Å². The Bertz CT molecular complexity index is 5840. The summed E-state index contributed by atoms with van der Waals surface area (Å²) in [4.78, 5) is 29.3. The molecule has 6 heteroatoms. The van der Waals surface area contributed by atoms with Crippen LogP contribution in [0.15, 0.2) is 376 Å². The fraction of sp³-hybridized carbons (Fsp3) is 0. The molecule has 0 amide bonds. The van der Waals surface area contributed by atoms with E-state index in [0.29, 0.717) is 11.6 Å². The molecule has 0 atom stereocenters. The molecule has 4 aromatic heterocycles. The molecule has 0 N–H and O–H groups in total. The average Bonchev–Trinajstić information content (AvgIpc) is 0.780. The molecule has 14 aromatic carbocycles. The summed E-state index contributed by atoms with van der Waals surface area (Å²) in [5, 5.41) is 7.16. The van der Waals surface area contributed by atoms with Gasteiger partial charge in [0.05, 0.1) is 33.8 Å². The molecule has 4 heterocycles. The molecule has 0 bridgehead atoms. The van der Waals surface area contributed by atoms with E-state index in [1.165, 1.54) is 54.9 Å². The summed E-state index contributed by atoms with van der Waals surface area (Å²) in [7, 11) is 0. The molecule has 0 aliphatic rings. The predicted octanol–water partition coefficient (Wildman–Crippen LogP) is 24.4. The molecular formula is C94H62N6. The molecule has 0 radical (unpaired) electrons. The van der Waals surface area contributed by atoms with E-state index in [-0.39, 0.29) is 0 Å². The van der Waals surface area contributed by atoms with Crippen LogP contribution in [0.4, 0.5) is 0 Å². The van der Waals surface area contributed by atoms with Crippen LogP contribution >= 0.6 is 0 Å². The first kappa shape index (κ1) is 60.3. The lowest BCUT2D eigenvalue weighted by molar-refractivity contribution is 1.18. The van der Waals surface area contributed by atoms with Crippen LogP contribution in [-0.4, -0.2) is 29.9 Å². The Morgan fingerprint density at radius 2 is 0.520 bits per heavy atom. The molecule has 468 valence electrons. The van der Waals surface area contributed by atoms with Gasteiger partial charge in [-0.2, -0.15) is 0 Å². The van der Waals surface area contributed by atoms with Crippen molar-refractivity contribution in [2.45, 2.75) is 0 Å². The number of nitrogens with zero attached hydrogens (tertiary/aromatic N) is 6. The number of para-hydroxylation sites is 2. The minimum Gasteiger partial charge on any atom is -0.256 e. The normalized spacial score (nSPS) is 11.2. The van der Waals surface area contributed by atoms with Crippen LogP contribution in [-0.2, 0) is 0 Å². The quantitative estimate of drug-likeness (QED) is 0.121. The summed E-state index contributed by atoms with van der Waals surface area (Å²) < 4.78 is 0. The summed E-state index contributed by atoms with van der Waals surface area (Å²) in [6.07, 6.45) is 3.82. The van der Waals surface area contributed by atoms with Crippen molar-refractivity contribution >= 4 is 43.4 Å². The van der Waals surface area contributed by atoms with Gasteiger partial charge in [-0.3, -0.25) is 9.97 Å². The maximum atomic E-state index is 5.04. The standard InChI is InChI=1S/2C47H31N3/c1-3-11-35(12-4-1)45-30-46(50-47(49-45)37-13-5-2-6-14-37)36-25-23-34(24-26-36)43-29-40(27-38-15-7-9-17-42(38)43)32-19-21-33(22-20-32)41-28-39-16-8-10-18-44(39)48-31-41;1-3-11-35(12-4-1)44-31-45(50-47(49-44)38-13-5-2-6-14-38)36-26-24-34(25-27-36)43-30-40(29-39-15-7-8-18-41(39)43)32-20-22-33(23-21-32)42-19-9-16-37-17-10-28-48-46(37)42/h2*1-31H. The number of pyridine rings is 2. The van der Waals surface area contributed by atoms with E-state index in [1.807, 2.05) is 103 Å². The zero-order valence-corrected chi connectivity index (χ0v) is 54.5. The maximum Gasteiger partial charge on any atom is 0.160 e. The average molecular weight is 1280 g/mol. The van der Waals surface area contributed by atoms with Crippen LogP contribution in [0.5, 0.6) is 0 Å². The van der Waals surface area contributed by atoms with Crippen molar-refractivity contribution in [1.82, 2.24) is 29.9 Å². The molecule has 0 spiro atoms. The molecule has 0 fully saturated rings. The fourth-order valence-electron chi connectivity index (χ4n) is 13.5. The van der Waals surface area contributed by atoms with Crippen molar-refractivity contribution in [2.75, 3.05) is 0 Å². The van der Waals surface area contributed by atoms with E-state index in [9.17, 15) is 0 Å². The molecule has 6 nitrogen and oxygen atoms in total. The van der Waals surface area contributed by atoms with Crippen LogP contribution in [0.3, 0.4) is 0 Å². The number of hydrogen-bond donors (Lipinski definition) is 0. The van der Waals surface area contributed by atoms with Crippen LogP contribution in [0, 0.1) is 0 Å². The first-order valence-electron chi connectivity index (χ1n) is 33.7. The Kier molecular flexibility index (Phi) is 16.3. The van der Waals surface area contributed by atoms with Crippen LogP contribution in [0.2, 0.25) is 0 Å². The third-order valence-electron chi connectivity index (χ3n) is 18.7. The van der Waals surface area contributed by atoms with Crippen molar-refractivity contribution in [1.29, 1.82) is 0 Å². The Balaban J connectivity index is 0.000000150. The molecule has 0 saturated heterocycles. The molecular weight excluding hydrogens is 1210 g/mol. The molecule has 0 aliphatic heterocycles. The number of rotatable bonds is 12. The first-order valence-corrected chi connectivity index (χ1v) is 33.7. The second-order valence-electron chi connectivity index (χ2n) is 25.0. The highest BCUT2D eigenvalue weighted by Crippen LogP contribution is 2.40. The molecule has 100 heavy (non-hydrogen) atoms. The Morgan fingerprint density at radius 3 is 0.990 bits per heavy atom. The van der Waals surface area contributed by atoms with E-state index in [2.05, 4.69) is 283 Å². The van der Waals surface area contributed by atoms with Crippen molar-refractivity contribution < 1.29 is 0 Å². The van der Waals surface area contributed by atoms with Gasteiger partial charge in [0.15, 0.2) is 11.6 Å². The molecule has 0 unspecified atom stereocenters. The summed E-state index contributed by atoms with van der Waals surface area (Å²) in [5.41, 5.74) is 25.8. The maximum absolute atomic E-state index is 5.04. The zero-order valence-electron chi connectivity index (χ0n) is 54.5. The Hall–Kier alpha value is -13.4. The fourth-order valence-corrected chi connectivity index (χ4v) is 13.5. The van der Waals surface area contributed by atoms with Crippen LogP contribution in [0.1, 0.15) is 0 Å². The topological polar surface area (TPSA) is 77.3 Å². The lowest BCUT2D eigenvalue weighted by Gasteiger charge is -2.13. The van der Waals surface area contributed by atoms with E-state index >= 15 is 0 Å². The van der Waals surface area contributed by atoms with Crippen molar-refractivity contribution in [3.05, 3.63) is 376 Å². The van der Waals surface area contributed by atoms with Gasteiger partial charge in [0, 0.05) is 67.7 Å². The van der Waals surface area contributed by atoms with E-state index in [0.717, 1.165) is 111 Å². The minimum absolute atomic E-state index is 0.715. The number of fused-ring (bicyclic) bond motifs is 4. The third kappa shape index (κ3) is 12.5. The Morgan fingerprint density at radius 1 is 0.180 bits per heavy atom. The lowest BCUT2D eigenvalue weighted by atomic mass is 9.91. The number of hydrogen-bond acceptors (Lipinski definition) is 6. The first-order chi connectivity index (χ1) is 49.5. The smallest absolute Gasteiger partial charge is 0.160 e. The van der Waals surface area contributed by atoms with Gasteiger partial charge < -0.3 is 0 Å². The monoisotopic (exact) mass is 1270 g/mol. The molecule has 0 saturated carbocycles. The van der Waals surface area contributed by atoms with Crippen LogP contribution < -0.4 is 0 Å². The SMILES string of the molecule is c1ccc(-c2cc(-c3ccc(-c4cc(-c5ccc(-c6cccc7cccnc67)cc5)cc5ccccc45)cc3)nc(-c3ccccc3)n2)cc1.c1ccc(-c2cc(-c3ccc(-c4cc(-c5ccc(-c6cnc7ccccc7c6)cc5)cc5ccccc45)cc3)nc(-c3ccccc3)n2)cc1. The highest BCUT2D eigenvalue weighted by Gasteiger charge is 2.17. The summed E-state index contributed by atoms with van der Waals surface area (Å²) in [6.45, 7) is 0. The summed E-state index contributed by atoms with van der Waals surface area (Å²) in [5.74, 6) is 1.43. The summed E-state index contributed by atoms with van der Waals surface area (Å²) >= 11 is 0. The highest BCUT2D eigenvalue weighted by molar-refractivity contribution is 6.02. The Labute approximate surface area is 580 Å². The minimum atomic E-state index is 0.715. The van der Waals surface area contributed by atoms with Gasteiger partial charge in [-0.15, -0.1) is 0 Å².